The van der Waals surface area contributed by atoms with E-state index in [-0.39, 0.29) is 35.8 Å². The van der Waals surface area contributed by atoms with Crippen LogP contribution in [0.25, 0.3) is 11.1 Å². The third-order valence-corrected chi connectivity index (χ3v) is 12.2. The summed E-state index contributed by atoms with van der Waals surface area (Å²) < 4.78 is 28.5. The van der Waals surface area contributed by atoms with E-state index >= 15 is 0 Å². The molecule has 0 radical (unpaired) electrons. The fourth-order valence-electron chi connectivity index (χ4n) is 7.36. The molecule has 220 valence electrons. The van der Waals surface area contributed by atoms with E-state index in [1.165, 1.54) is 4.31 Å². The van der Waals surface area contributed by atoms with Gasteiger partial charge in [-0.25, -0.2) is 17.5 Å². The summed E-state index contributed by atoms with van der Waals surface area (Å²) in [5, 5.41) is 12.5. The van der Waals surface area contributed by atoms with Gasteiger partial charge >= 0.3 is 5.97 Å². The molecule has 5 rings (SSSR count). The lowest BCUT2D eigenvalue weighted by molar-refractivity contribution is -0.142. The number of nitrogens with one attached hydrogen (secondary N) is 1. The number of rotatable bonds is 9. The molecule has 2 aromatic carbocycles. The van der Waals surface area contributed by atoms with Gasteiger partial charge in [-0.1, -0.05) is 62.4 Å². The number of amides is 1. The minimum absolute atomic E-state index is 0.000241. The molecule has 1 saturated heterocycles. The molecule has 2 aromatic rings. The lowest BCUT2D eigenvalue weighted by Crippen LogP contribution is -2.52. The Hall–Kier alpha value is -3.04. The number of hydrogen-bond donors (Lipinski definition) is 2. The maximum absolute atomic E-state index is 13.6. The number of benzene rings is 2. The Bertz CT molecular complexity index is 1450. The van der Waals surface area contributed by atoms with Crippen molar-refractivity contribution in [2.75, 3.05) is 18.8 Å². The number of fused-ring (bicyclic) bond motifs is 2. The van der Waals surface area contributed by atoms with Gasteiger partial charge in [-0.3, -0.25) is 9.59 Å². The van der Waals surface area contributed by atoms with E-state index in [0.717, 1.165) is 28.7 Å². The molecule has 1 amide bonds. The monoisotopic (exact) mass is 580 g/mol. The average Bonchev–Trinajstić information content (AvgIpc) is 3.28. The predicted octanol–water partition coefficient (Wildman–Crippen LogP) is 4.21. The zero-order valence-corrected chi connectivity index (χ0v) is 24.9. The molecule has 3 fully saturated rings. The SMILES string of the molecule is Cc1ccccc1-c1ccc(C[C@H](NC(=O)C2CCCN(S(=O)(=O)CC34CCC(CC3=O)C4(C)C)C2)C(=O)O)cc1. The molecule has 0 aromatic heterocycles. The van der Waals surface area contributed by atoms with Crippen molar-refractivity contribution in [1.29, 1.82) is 0 Å². The third kappa shape index (κ3) is 5.46. The molecule has 2 bridgehead atoms. The van der Waals surface area contributed by atoms with Gasteiger partial charge in [-0.2, -0.15) is 0 Å². The Kier molecular flexibility index (Phi) is 7.89. The molecule has 2 N–H and O–H groups in total. The molecule has 8 nitrogen and oxygen atoms in total. The van der Waals surface area contributed by atoms with Crippen molar-refractivity contribution >= 4 is 27.7 Å². The van der Waals surface area contributed by atoms with Gasteiger partial charge in [-0.05, 0) is 66.2 Å². The van der Waals surface area contributed by atoms with Gasteiger partial charge in [0.25, 0.3) is 0 Å². The number of carboxylic acids is 1. The van der Waals surface area contributed by atoms with Gasteiger partial charge < -0.3 is 10.4 Å². The highest BCUT2D eigenvalue weighted by Gasteiger charge is 2.65. The Labute approximate surface area is 242 Å². The molecular weight excluding hydrogens is 540 g/mol. The maximum atomic E-state index is 13.6. The quantitative estimate of drug-likeness (QED) is 0.459. The summed E-state index contributed by atoms with van der Waals surface area (Å²) in [6.45, 7) is 6.37. The van der Waals surface area contributed by atoms with Crippen molar-refractivity contribution in [3.8, 4) is 11.1 Å². The molecule has 41 heavy (non-hydrogen) atoms. The first kappa shape index (κ1) is 29.5. The molecule has 3 unspecified atom stereocenters. The van der Waals surface area contributed by atoms with Crippen LogP contribution >= 0.6 is 0 Å². The average molecular weight is 581 g/mol. The fourth-order valence-corrected chi connectivity index (χ4v) is 9.66. The number of aryl methyl sites for hydroxylation is 1. The van der Waals surface area contributed by atoms with Crippen LogP contribution in [0.3, 0.4) is 0 Å². The lowest BCUT2D eigenvalue weighted by Gasteiger charge is -2.39. The van der Waals surface area contributed by atoms with Crippen molar-refractivity contribution in [2.24, 2.45) is 22.7 Å². The molecular formula is C32H40N2O6S. The maximum Gasteiger partial charge on any atom is 0.326 e. The van der Waals surface area contributed by atoms with Crippen LogP contribution in [-0.4, -0.2) is 60.4 Å². The number of sulfonamides is 1. The van der Waals surface area contributed by atoms with Crippen molar-refractivity contribution in [3.05, 3.63) is 59.7 Å². The van der Waals surface area contributed by atoms with E-state index in [9.17, 15) is 27.9 Å². The Morgan fingerprint density at radius 2 is 1.80 bits per heavy atom. The topological polar surface area (TPSA) is 121 Å². The first-order chi connectivity index (χ1) is 19.3. The molecule has 1 aliphatic heterocycles. The number of piperidine rings is 1. The Morgan fingerprint density at radius 3 is 2.41 bits per heavy atom. The normalized spacial score (nSPS) is 26.6. The van der Waals surface area contributed by atoms with Crippen LogP contribution in [-0.2, 0) is 30.8 Å². The molecule has 0 spiro atoms. The van der Waals surface area contributed by atoms with Crippen LogP contribution in [0.4, 0.5) is 0 Å². The molecule has 2 saturated carbocycles. The van der Waals surface area contributed by atoms with Crippen LogP contribution in [0.5, 0.6) is 0 Å². The van der Waals surface area contributed by atoms with Gasteiger partial charge in [0, 0.05) is 31.3 Å². The van der Waals surface area contributed by atoms with Gasteiger partial charge in [0.15, 0.2) is 0 Å². The summed E-state index contributed by atoms with van der Waals surface area (Å²) in [6, 6.07) is 14.5. The molecule has 9 heteroatoms. The Morgan fingerprint density at radius 1 is 1.10 bits per heavy atom. The minimum Gasteiger partial charge on any atom is -0.480 e. The second-order valence-electron chi connectivity index (χ2n) is 12.7. The van der Waals surface area contributed by atoms with Crippen LogP contribution in [0.2, 0.25) is 0 Å². The number of Topliss-reactive ketones (excluding diaryl/α,β-unsaturated/α-hetero) is 1. The highest BCUT2D eigenvalue weighted by atomic mass is 32.2. The van der Waals surface area contributed by atoms with E-state index < -0.39 is 39.3 Å². The number of carbonyl (C=O) groups excluding carboxylic acids is 2. The smallest absolute Gasteiger partial charge is 0.326 e. The first-order valence-corrected chi connectivity index (χ1v) is 16.1. The summed E-state index contributed by atoms with van der Waals surface area (Å²) in [5.74, 6) is -2.19. The standard InChI is InChI=1S/C32H40N2O6S/c1-21-7-4-5-9-26(21)23-12-10-22(11-13-23)17-27(30(37)38)33-29(36)24-8-6-16-34(19-24)41(39,40)20-32-15-14-25(18-28(32)35)31(32,2)3/h4-5,7,9-13,24-25,27H,6,8,14-20H2,1-3H3,(H,33,36)(H,37,38)/t24?,25?,27-,32?/m0/s1. The van der Waals surface area contributed by atoms with E-state index in [2.05, 4.69) is 5.32 Å². The van der Waals surface area contributed by atoms with Crippen LogP contribution in [0.1, 0.15) is 57.1 Å². The van der Waals surface area contributed by atoms with E-state index in [1.807, 2.05) is 69.3 Å². The summed E-state index contributed by atoms with van der Waals surface area (Å²) in [7, 11) is -3.79. The van der Waals surface area contributed by atoms with Crippen molar-refractivity contribution in [1.82, 2.24) is 9.62 Å². The molecule has 4 atom stereocenters. The molecule has 1 heterocycles. The van der Waals surface area contributed by atoms with Crippen molar-refractivity contribution in [3.63, 3.8) is 0 Å². The van der Waals surface area contributed by atoms with Crippen LogP contribution < -0.4 is 5.32 Å². The number of ketones is 1. The second kappa shape index (κ2) is 11.0. The van der Waals surface area contributed by atoms with Crippen LogP contribution in [0, 0.1) is 29.6 Å². The van der Waals surface area contributed by atoms with E-state index in [4.69, 9.17) is 0 Å². The summed E-state index contributed by atoms with van der Waals surface area (Å²) in [6.07, 6.45) is 3.00. The highest BCUT2D eigenvalue weighted by Crippen LogP contribution is 2.64. The number of aliphatic carboxylic acids is 1. The van der Waals surface area contributed by atoms with Crippen LogP contribution in [0.15, 0.2) is 48.5 Å². The van der Waals surface area contributed by atoms with Gasteiger partial charge in [0.05, 0.1) is 11.7 Å². The fraction of sp³-hybridized carbons (Fsp3) is 0.531. The third-order valence-electron chi connectivity index (χ3n) is 10.2. The number of carboxylic acid groups (broad SMARTS) is 1. The largest absolute Gasteiger partial charge is 0.480 e. The van der Waals surface area contributed by atoms with E-state index in [1.54, 1.807) is 0 Å². The summed E-state index contributed by atoms with van der Waals surface area (Å²) in [5.41, 5.74) is 2.82. The molecule has 3 aliphatic rings. The zero-order chi connectivity index (χ0) is 29.6. The summed E-state index contributed by atoms with van der Waals surface area (Å²) >= 11 is 0. The van der Waals surface area contributed by atoms with Gasteiger partial charge in [0.1, 0.15) is 11.8 Å². The van der Waals surface area contributed by atoms with E-state index in [0.29, 0.717) is 32.2 Å². The number of carbonyl (C=O) groups is 3. The van der Waals surface area contributed by atoms with Crippen molar-refractivity contribution in [2.45, 2.75) is 65.3 Å². The second-order valence-corrected chi connectivity index (χ2v) is 14.7. The number of hydrogen-bond acceptors (Lipinski definition) is 5. The number of nitrogens with zero attached hydrogens (tertiary/aromatic N) is 1. The molecule has 2 aliphatic carbocycles. The predicted molar refractivity (Wildman–Crippen MR) is 157 cm³/mol. The highest BCUT2D eigenvalue weighted by molar-refractivity contribution is 7.89. The summed E-state index contributed by atoms with van der Waals surface area (Å²) in [4.78, 5) is 38.3. The van der Waals surface area contributed by atoms with Gasteiger partial charge in [-0.15, -0.1) is 0 Å². The lowest BCUT2D eigenvalue weighted by atomic mass is 9.70. The zero-order valence-electron chi connectivity index (χ0n) is 24.1. The van der Waals surface area contributed by atoms with Crippen molar-refractivity contribution < 1.29 is 27.9 Å². The van der Waals surface area contributed by atoms with Gasteiger partial charge in [0.2, 0.25) is 15.9 Å². The Balaban J connectivity index is 1.23. The first-order valence-electron chi connectivity index (χ1n) is 14.5. The minimum atomic E-state index is -3.79.